The van der Waals surface area contributed by atoms with Crippen molar-refractivity contribution in [3.63, 3.8) is 0 Å². The number of benzene rings is 1. The van der Waals surface area contributed by atoms with Crippen LogP contribution in [0.1, 0.15) is 12.6 Å². The minimum atomic E-state index is -2.94. The molecule has 1 aliphatic heterocycles. The lowest BCUT2D eigenvalue weighted by atomic mass is 10.2. The van der Waals surface area contributed by atoms with Crippen LogP contribution in [0.3, 0.4) is 0 Å². The predicted molar refractivity (Wildman–Crippen MR) is 101 cm³/mol. The molecule has 1 fully saturated rings. The summed E-state index contributed by atoms with van der Waals surface area (Å²) in [4.78, 5) is 11.8. The minimum Gasteiger partial charge on any atom is -0.377 e. The number of morpholine rings is 1. The van der Waals surface area contributed by atoms with Crippen molar-refractivity contribution in [3.8, 4) is 0 Å². The van der Waals surface area contributed by atoms with Crippen LogP contribution in [0.5, 0.6) is 0 Å². The Labute approximate surface area is 153 Å². The van der Waals surface area contributed by atoms with Crippen molar-refractivity contribution in [1.29, 1.82) is 4.78 Å². The zero-order valence-electron chi connectivity index (χ0n) is 14.3. The van der Waals surface area contributed by atoms with Crippen molar-refractivity contribution in [2.45, 2.75) is 28.8 Å². The quantitative estimate of drug-likeness (QED) is 0.636. The number of nitrogens with one attached hydrogen (secondary N) is 1. The molecule has 1 aliphatic rings. The highest BCUT2D eigenvalue weighted by molar-refractivity contribution is 7.98. The SMILES string of the molecule is CSc1nc(CS(=N)(=O)c2ccccc2)cc(N2CCOC[C@H]2C)n1. The molecule has 6 nitrogen and oxygen atoms in total. The summed E-state index contributed by atoms with van der Waals surface area (Å²) in [5.41, 5.74) is 0.636. The number of hydrogen-bond donors (Lipinski definition) is 1. The van der Waals surface area contributed by atoms with Crippen LogP contribution in [0.25, 0.3) is 0 Å². The van der Waals surface area contributed by atoms with Gasteiger partial charge in [0.2, 0.25) is 0 Å². The molecule has 2 aromatic rings. The molecular formula is C17H22N4O2S2. The van der Waals surface area contributed by atoms with E-state index in [0.29, 0.717) is 29.0 Å². The van der Waals surface area contributed by atoms with E-state index >= 15 is 0 Å². The molecule has 134 valence electrons. The van der Waals surface area contributed by atoms with E-state index in [1.54, 1.807) is 24.3 Å². The normalized spacial score (nSPS) is 20.2. The number of ether oxygens (including phenoxy) is 1. The third-order valence-corrected chi connectivity index (χ3v) is 6.35. The van der Waals surface area contributed by atoms with Gasteiger partial charge in [-0.05, 0) is 25.3 Å². The molecular weight excluding hydrogens is 356 g/mol. The first-order chi connectivity index (χ1) is 12.0. The van der Waals surface area contributed by atoms with E-state index in [0.717, 1.165) is 12.4 Å². The van der Waals surface area contributed by atoms with Crippen molar-refractivity contribution in [3.05, 3.63) is 42.1 Å². The first kappa shape index (κ1) is 18.2. The van der Waals surface area contributed by atoms with Crippen LogP contribution in [0.4, 0.5) is 5.82 Å². The van der Waals surface area contributed by atoms with E-state index < -0.39 is 9.73 Å². The Bertz CT molecular complexity index is 828. The molecule has 1 aromatic carbocycles. The maximum atomic E-state index is 12.9. The maximum absolute atomic E-state index is 12.9. The molecule has 1 unspecified atom stereocenters. The van der Waals surface area contributed by atoms with Gasteiger partial charge in [0.15, 0.2) is 5.16 Å². The lowest BCUT2D eigenvalue weighted by Crippen LogP contribution is -2.44. The standard InChI is InChI=1S/C17H22N4O2S2/c1-13-11-23-9-8-21(13)16-10-14(19-17(20-16)24-2)12-25(18,22)15-6-4-3-5-7-15/h3-7,10,13,18H,8-9,11-12H2,1-2H3/t13-,25?/m1/s1. The summed E-state index contributed by atoms with van der Waals surface area (Å²) < 4.78 is 26.7. The summed E-state index contributed by atoms with van der Waals surface area (Å²) in [6.07, 6.45) is 1.92. The van der Waals surface area contributed by atoms with Gasteiger partial charge in [0.1, 0.15) is 5.82 Å². The zero-order chi connectivity index (χ0) is 17.9. The molecule has 0 amide bonds. The van der Waals surface area contributed by atoms with Gasteiger partial charge < -0.3 is 9.64 Å². The first-order valence-electron chi connectivity index (χ1n) is 8.07. The molecule has 25 heavy (non-hydrogen) atoms. The zero-order valence-corrected chi connectivity index (χ0v) is 16.0. The van der Waals surface area contributed by atoms with E-state index in [9.17, 15) is 4.21 Å². The van der Waals surface area contributed by atoms with Crippen molar-refractivity contribution < 1.29 is 8.95 Å². The average molecular weight is 379 g/mol. The Morgan fingerprint density at radius 2 is 2.12 bits per heavy atom. The molecule has 8 heteroatoms. The maximum Gasteiger partial charge on any atom is 0.189 e. The molecule has 1 aromatic heterocycles. The minimum absolute atomic E-state index is 0.0822. The van der Waals surface area contributed by atoms with Crippen molar-refractivity contribution >= 4 is 27.3 Å². The molecule has 0 radical (unpaired) electrons. The fourth-order valence-corrected chi connectivity index (χ4v) is 4.49. The number of hydrogen-bond acceptors (Lipinski definition) is 7. The van der Waals surface area contributed by atoms with Gasteiger partial charge in [-0.3, -0.25) is 0 Å². The largest absolute Gasteiger partial charge is 0.377 e. The molecule has 2 heterocycles. The first-order valence-corrected chi connectivity index (χ1v) is 11.0. The van der Waals surface area contributed by atoms with Gasteiger partial charge in [0, 0.05) is 17.5 Å². The molecule has 1 saturated heterocycles. The van der Waals surface area contributed by atoms with Crippen LogP contribution in [0.2, 0.25) is 0 Å². The van der Waals surface area contributed by atoms with Crippen molar-refractivity contribution in [2.24, 2.45) is 0 Å². The van der Waals surface area contributed by atoms with Gasteiger partial charge in [-0.1, -0.05) is 30.0 Å². The van der Waals surface area contributed by atoms with Crippen molar-refractivity contribution in [1.82, 2.24) is 9.97 Å². The van der Waals surface area contributed by atoms with E-state index in [1.165, 1.54) is 11.8 Å². The van der Waals surface area contributed by atoms with Gasteiger partial charge >= 0.3 is 0 Å². The fourth-order valence-electron chi connectivity index (χ4n) is 2.77. The summed E-state index contributed by atoms with van der Waals surface area (Å²) >= 11 is 1.45. The number of thioether (sulfide) groups is 1. The average Bonchev–Trinajstić information content (AvgIpc) is 2.62. The molecule has 3 rings (SSSR count). The third-order valence-electron chi connectivity index (χ3n) is 4.06. The van der Waals surface area contributed by atoms with Crippen LogP contribution in [-0.4, -0.2) is 46.2 Å². The lowest BCUT2D eigenvalue weighted by Gasteiger charge is -2.34. The molecule has 0 spiro atoms. The van der Waals surface area contributed by atoms with E-state index in [4.69, 9.17) is 9.52 Å². The Morgan fingerprint density at radius 1 is 1.36 bits per heavy atom. The second-order valence-electron chi connectivity index (χ2n) is 5.95. The molecule has 0 bridgehead atoms. The number of anilines is 1. The highest BCUT2D eigenvalue weighted by atomic mass is 32.2. The second-order valence-corrected chi connectivity index (χ2v) is 8.84. The van der Waals surface area contributed by atoms with Crippen LogP contribution in [0, 0.1) is 4.78 Å². The summed E-state index contributed by atoms with van der Waals surface area (Å²) in [6.45, 7) is 4.18. The third kappa shape index (κ3) is 4.31. The summed E-state index contributed by atoms with van der Waals surface area (Å²) in [7, 11) is -2.94. The fraction of sp³-hybridized carbons (Fsp3) is 0.412. The molecule has 0 saturated carbocycles. The number of rotatable bonds is 5. The molecule has 2 atom stereocenters. The summed E-state index contributed by atoms with van der Waals surface area (Å²) in [5.74, 6) is 0.896. The number of aromatic nitrogens is 2. The predicted octanol–water partition coefficient (Wildman–Crippen LogP) is 3.03. The Hall–Kier alpha value is -1.64. The second kappa shape index (κ2) is 7.72. The van der Waals surface area contributed by atoms with Crippen LogP contribution < -0.4 is 4.90 Å². The highest BCUT2D eigenvalue weighted by Crippen LogP contribution is 2.24. The van der Waals surface area contributed by atoms with Crippen molar-refractivity contribution in [2.75, 3.05) is 30.9 Å². The lowest BCUT2D eigenvalue weighted by molar-refractivity contribution is 0.0984. The van der Waals surface area contributed by atoms with E-state index in [-0.39, 0.29) is 11.8 Å². The molecule has 0 aliphatic carbocycles. The number of nitrogens with zero attached hydrogens (tertiary/aromatic N) is 3. The Kier molecular flexibility index (Phi) is 5.61. The van der Waals surface area contributed by atoms with Crippen LogP contribution in [-0.2, 0) is 20.2 Å². The van der Waals surface area contributed by atoms with Gasteiger partial charge in [-0.15, -0.1) is 0 Å². The van der Waals surface area contributed by atoms with Gasteiger partial charge in [-0.2, -0.15) is 0 Å². The van der Waals surface area contributed by atoms with E-state index in [2.05, 4.69) is 21.8 Å². The Morgan fingerprint density at radius 3 is 2.80 bits per heavy atom. The van der Waals surface area contributed by atoms with Gasteiger partial charge in [0.05, 0.1) is 40.4 Å². The summed E-state index contributed by atoms with van der Waals surface area (Å²) in [5, 5.41) is 0.634. The van der Waals surface area contributed by atoms with Crippen LogP contribution >= 0.6 is 11.8 Å². The van der Waals surface area contributed by atoms with Gasteiger partial charge in [0.25, 0.3) is 0 Å². The monoisotopic (exact) mass is 378 g/mol. The topological polar surface area (TPSA) is 79.2 Å². The smallest absolute Gasteiger partial charge is 0.189 e. The van der Waals surface area contributed by atoms with E-state index in [1.807, 2.05) is 18.4 Å². The molecule has 1 N–H and O–H groups in total. The Balaban J connectivity index is 1.92. The van der Waals surface area contributed by atoms with Gasteiger partial charge in [-0.25, -0.2) is 19.0 Å². The highest BCUT2D eigenvalue weighted by Gasteiger charge is 2.22. The van der Waals surface area contributed by atoms with Crippen LogP contribution in [0.15, 0.2) is 46.5 Å². The summed E-state index contributed by atoms with van der Waals surface area (Å²) in [6, 6.07) is 11.0.